The zero-order valence-corrected chi connectivity index (χ0v) is 12.7. The molecule has 3 nitrogen and oxygen atoms in total. The van der Waals surface area contributed by atoms with Gasteiger partial charge in [-0.3, -0.25) is 9.00 Å². The number of hydrogen-bond donors (Lipinski definition) is 1. The summed E-state index contributed by atoms with van der Waals surface area (Å²) in [4.78, 5) is 11.4. The lowest BCUT2D eigenvalue weighted by Crippen LogP contribution is -2.19. The first-order chi connectivity index (χ1) is 10.1. The van der Waals surface area contributed by atoms with Gasteiger partial charge in [0.2, 0.25) is 0 Å². The molecule has 0 aromatic heterocycles. The third kappa shape index (κ3) is 4.53. The molecule has 0 heterocycles. The van der Waals surface area contributed by atoms with E-state index in [0.29, 0.717) is 11.3 Å². The second-order valence-corrected chi connectivity index (χ2v) is 6.54. The minimum atomic E-state index is -1.21. The fraction of sp³-hybridized carbons (Fsp3) is 0.235. The predicted octanol–water partition coefficient (Wildman–Crippen LogP) is 3.11. The second-order valence-electron chi connectivity index (χ2n) is 5.04. The molecule has 2 aromatic rings. The molecule has 2 aromatic carbocycles. The zero-order valence-electron chi connectivity index (χ0n) is 11.9. The van der Waals surface area contributed by atoms with Crippen molar-refractivity contribution in [3.63, 3.8) is 0 Å². The molecule has 0 spiro atoms. The van der Waals surface area contributed by atoms with Crippen LogP contribution in [0.2, 0.25) is 0 Å². The van der Waals surface area contributed by atoms with E-state index in [-0.39, 0.29) is 5.75 Å². The standard InChI is InChI=1S/C17H18O3S/c1-13-6-5-7-14(10-13)11-21(20)12-16(17(18)19)15-8-3-2-4-9-15/h2-10,16H,11-12H2,1H3,(H,18,19). The normalized spacial score (nSPS) is 13.6. The van der Waals surface area contributed by atoms with Gasteiger partial charge in [0.15, 0.2) is 0 Å². The first-order valence-electron chi connectivity index (χ1n) is 6.74. The lowest BCUT2D eigenvalue weighted by Gasteiger charge is -2.12. The molecule has 0 fully saturated rings. The summed E-state index contributed by atoms with van der Waals surface area (Å²) in [5, 5.41) is 9.35. The maximum Gasteiger partial charge on any atom is 0.311 e. The second kappa shape index (κ2) is 7.18. The Morgan fingerprint density at radius 3 is 2.48 bits per heavy atom. The number of carboxylic acids is 1. The maximum atomic E-state index is 12.3. The van der Waals surface area contributed by atoms with Crippen LogP contribution in [0.1, 0.15) is 22.6 Å². The Morgan fingerprint density at radius 1 is 1.14 bits per heavy atom. The van der Waals surface area contributed by atoms with Gasteiger partial charge in [-0.25, -0.2) is 0 Å². The Morgan fingerprint density at radius 2 is 1.86 bits per heavy atom. The van der Waals surface area contributed by atoms with E-state index < -0.39 is 22.7 Å². The molecule has 0 aliphatic carbocycles. The molecular formula is C17H18O3S. The summed E-state index contributed by atoms with van der Waals surface area (Å²) in [7, 11) is -1.21. The van der Waals surface area contributed by atoms with Gasteiger partial charge in [0.05, 0.1) is 5.92 Å². The average Bonchev–Trinajstić information content (AvgIpc) is 2.45. The molecule has 110 valence electrons. The topological polar surface area (TPSA) is 54.4 Å². The van der Waals surface area contributed by atoms with Gasteiger partial charge in [-0.05, 0) is 18.1 Å². The van der Waals surface area contributed by atoms with Crippen molar-refractivity contribution in [3.05, 3.63) is 71.3 Å². The molecule has 0 saturated carbocycles. The van der Waals surface area contributed by atoms with E-state index in [0.717, 1.165) is 11.1 Å². The van der Waals surface area contributed by atoms with E-state index in [1.54, 1.807) is 24.3 Å². The van der Waals surface area contributed by atoms with Crippen molar-refractivity contribution in [1.82, 2.24) is 0 Å². The summed E-state index contributed by atoms with van der Waals surface area (Å²) in [5.74, 6) is -1.14. The SMILES string of the molecule is Cc1cccc(CS(=O)CC(C(=O)O)c2ccccc2)c1. The molecule has 2 rings (SSSR count). The van der Waals surface area contributed by atoms with Crippen LogP contribution in [0.25, 0.3) is 0 Å². The van der Waals surface area contributed by atoms with E-state index in [9.17, 15) is 14.1 Å². The van der Waals surface area contributed by atoms with E-state index in [4.69, 9.17) is 0 Å². The first-order valence-corrected chi connectivity index (χ1v) is 8.23. The van der Waals surface area contributed by atoms with Gasteiger partial charge in [-0.15, -0.1) is 0 Å². The van der Waals surface area contributed by atoms with Gasteiger partial charge in [0.1, 0.15) is 0 Å². The number of benzene rings is 2. The molecule has 2 unspecified atom stereocenters. The van der Waals surface area contributed by atoms with Crippen molar-refractivity contribution in [3.8, 4) is 0 Å². The highest BCUT2D eigenvalue weighted by atomic mass is 32.2. The van der Waals surface area contributed by atoms with Gasteiger partial charge in [0, 0.05) is 22.3 Å². The number of carboxylic acid groups (broad SMARTS) is 1. The van der Waals surface area contributed by atoms with Gasteiger partial charge in [-0.1, -0.05) is 60.2 Å². The van der Waals surface area contributed by atoms with Crippen LogP contribution < -0.4 is 0 Å². The molecule has 21 heavy (non-hydrogen) atoms. The molecule has 0 aliphatic heterocycles. The number of rotatable bonds is 6. The highest BCUT2D eigenvalue weighted by Gasteiger charge is 2.22. The smallest absolute Gasteiger partial charge is 0.311 e. The molecule has 0 radical (unpaired) electrons. The van der Waals surface area contributed by atoms with Crippen molar-refractivity contribution in [2.45, 2.75) is 18.6 Å². The van der Waals surface area contributed by atoms with Gasteiger partial charge in [-0.2, -0.15) is 0 Å². The van der Waals surface area contributed by atoms with Crippen LogP contribution in [0.15, 0.2) is 54.6 Å². The van der Waals surface area contributed by atoms with Gasteiger partial charge in [0.25, 0.3) is 0 Å². The van der Waals surface area contributed by atoms with Crippen molar-refractivity contribution in [1.29, 1.82) is 0 Å². The van der Waals surface area contributed by atoms with Gasteiger partial charge >= 0.3 is 5.97 Å². The fourth-order valence-corrected chi connectivity index (χ4v) is 3.60. The molecule has 0 bridgehead atoms. The summed E-state index contributed by atoms with van der Waals surface area (Å²) in [6, 6.07) is 16.8. The number of aliphatic carboxylic acids is 1. The van der Waals surface area contributed by atoms with Crippen molar-refractivity contribution in [2.24, 2.45) is 0 Å². The molecule has 4 heteroatoms. The maximum absolute atomic E-state index is 12.3. The summed E-state index contributed by atoms with van der Waals surface area (Å²) in [5.41, 5.74) is 2.79. The molecule has 1 N–H and O–H groups in total. The molecule has 0 aliphatic rings. The fourth-order valence-electron chi connectivity index (χ4n) is 2.23. The molecule has 0 saturated heterocycles. The number of hydrogen-bond acceptors (Lipinski definition) is 2. The van der Waals surface area contributed by atoms with Crippen LogP contribution in [-0.4, -0.2) is 21.0 Å². The van der Waals surface area contributed by atoms with Crippen LogP contribution in [0.5, 0.6) is 0 Å². The van der Waals surface area contributed by atoms with Crippen LogP contribution in [0, 0.1) is 6.92 Å². The molecule has 2 atom stereocenters. The summed E-state index contributed by atoms with van der Waals surface area (Å²) in [6.45, 7) is 1.98. The first kappa shape index (κ1) is 15.4. The zero-order chi connectivity index (χ0) is 15.2. The van der Waals surface area contributed by atoms with E-state index in [1.165, 1.54) is 0 Å². The Hall–Kier alpha value is -1.94. The summed E-state index contributed by atoms with van der Waals surface area (Å²) >= 11 is 0. The van der Waals surface area contributed by atoms with Crippen molar-refractivity contribution < 1.29 is 14.1 Å². The third-order valence-corrected chi connectivity index (χ3v) is 4.62. The van der Waals surface area contributed by atoms with E-state index in [1.807, 2.05) is 37.3 Å². The summed E-state index contributed by atoms with van der Waals surface area (Å²) < 4.78 is 12.3. The van der Waals surface area contributed by atoms with E-state index in [2.05, 4.69) is 0 Å². The van der Waals surface area contributed by atoms with Crippen molar-refractivity contribution in [2.75, 3.05) is 5.75 Å². The van der Waals surface area contributed by atoms with Crippen LogP contribution in [0.3, 0.4) is 0 Å². The van der Waals surface area contributed by atoms with Gasteiger partial charge < -0.3 is 5.11 Å². The number of aryl methyl sites for hydroxylation is 1. The Balaban J connectivity index is 2.07. The Kier molecular flexibility index (Phi) is 5.28. The number of carbonyl (C=O) groups is 1. The summed E-state index contributed by atoms with van der Waals surface area (Å²) in [6.07, 6.45) is 0. The van der Waals surface area contributed by atoms with Crippen LogP contribution >= 0.6 is 0 Å². The Labute approximate surface area is 127 Å². The lowest BCUT2D eigenvalue weighted by atomic mass is 10.0. The minimum Gasteiger partial charge on any atom is -0.481 e. The lowest BCUT2D eigenvalue weighted by molar-refractivity contribution is -0.138. The molecular weight excluding hydrogens is 284 g/mol. The largest absolute Gasteiger partial charge is 0.481 e. The van der Waals surface area contributed by atoms with Crippen LogP contribution in [0.4, 0.5) is 0 Å². The predicted molar refractivity (Wildman–Crippen MR) is 84.7 cm³/mol. The quantitative estimate of drug-likeness (QED) is 0.892. The van der Waals surface area contributed by atoms with Crippen LogP contribution in [-0.2, 0) is 21.3 Å². The monoisotopic (exact) mass is 302 g/mol. The minimum absolute atomic E-state index is 0.132. The highest BCUT2D eigenvalue weighted by Crippen LogP contribution is 2.18. The molecule has 0 amide bonds. The van der Waals surface area contributed by atoms with Crippen molar-refractivity contribution >= 4 is 16.8 Å². The third-order valence-electron chi connectivity index (χ3n) is 3.26. The van der Waals surface area contributed by atoms with E-state index >= 15 is 0 Å². The highest BCUT2D eigenvalue weighted by molar-refractivity contribution is 7.84. The Bertz CT molecular complexity index is 637. The average molecular weight is 302 g/mol.